The molecule has 0 amide bonds. The third kappa shape index (κ3) is 4.17. The zero-order valence-corrected chi connectivity index (χ0v) is 25.2. The van der Waals surface area contributed by atoms with Crippen LogP contribution in [-0.2, 0) is 28.5 Å². The summed E-state index contributed by atoms with van der Waals surface area (Å²) in [6.07, 6.45) is -5.64. The third-order valence-electron chi connectivity index (χ3n) is 10.9. The first-order chi connectivity index (χ1) is 19.5. The zero-order chi connectivity index (χ0) is 31.0. The number of benzene rings is 1. The lowest BCUT2D eigenvalue weighted by Gasteiger charge is -2.69. The van der Waals surface area contributed by atoms with Gasteiger partial charge in [0.25, 0.3) is 0 Å². The molecule has 0 spiro atoms. The zero-order valence-electron chi connectivity index (χ0n) is 25.2. The van der Waals surface area contributed by atoms with E-state index in [0.29, 0.717) is 17.6 Å². The molecule has 1 aromatic carbocycles. The molecule has 10 atom stereocenters. The lowest BCUT2D eigenvalue weighted by atomic mass is 9.43. The Morgan fingerprint density at radius 3 is 2.17 bits per heavy atom. The lowest BCUT2D eigenvalue weighted by molar-refractivity contribution is -0.358. The molecule has 4 aliphatic rings. The second-order valence-corrected chi connectivity index (χ2v) is 13.4. The maximum absolute atomic E-state index is 13.8. The summed E-state index contributed by atoms with van der Waals surface area (Å²) >= 11 is 0. The maximum Gasteiger partial charge on any atom is 0.338 e. The number of carbonyl (C=O) groups is 3. The first-order valence-corrected chi connectivity index (χ1v) is 14.6. The van der Waals surface area contributed by atoms with E-state index in [1.165, 1.54) is 13.8 Å². The Labute approximate surface area is 246 Å². The van der Waals surface area contributed by atoms with Gasteiger partial charge in [0.1, 0.15) is 30.0 Å². The van der Waals surface area contributed by atoms with Crippen LogP contribution in [0.1, 0.15) is 71.7 Å². The van der Waals surface area contributed by atoms with Gasteiger partial charge in [0, 0.05) is 31.1 Å². The highest BCUT2D eigenvalue weighted by molar-refractivity contribution is 5.89. The topological polar surface area (TPSA) is 149 Å². The molecule has 1 heterocycles. The Kier molecular flexibility index (Phi) is 7.41. The van der Waals surface area contributed by atoms with Gasteiger partial charge >= 0.3 is 17.9 Å². The highest BCUT2D eigenvalue weighted by atomic mass is 16.6. The Morgan fingerprint density at radius 2 is 1.62 bits per heavy atom. The van der Waals surface area contributed by atoms with Crippen molar-refractivity contribution in [1.29, 1.82) is 0 Å². The highest BCUT2D eigenvalue weighted by Gasteiger charge is 2.77. The molecule has 3 aliphatic carbocycles. The molecule has 230 valence electrons. The van der Waals surface area contributed by atoms with Crippen molar-refractivity contribution >= 4 is 17.9 Å². The molecule has 3 fully saturated rings. The summed E-state index contributed by atoms with van der Waals surface area (Å²) in [5.74, 6) is -3.29. The van der Waals surface area contributed by atoms with E-state index in [-0.39, 0.29) is 24.5 Å². The van der Waals surface area contributed by atoms with Gasteiger partial charge in [-0.05, 0) is 42.5 Å². The second-order valence-electron chi connectivity index (χ2n) is 13.4. The van der Waals surface area contributed by atoms with E-state index in [0.717, 1.165) is 0 Å². The van der Waals surface area contributed by atoms with Crippen LogP contribution in [0.4, 0.5) is 0 Å². The molecule has 10 nitrogen and oxygen atoms in total. The molecule has 42 heavy (non-hydrogen) atoms. The van der Waals surface area contributed by atoms with Crippen molar-refractivity contribution in [3.63, 3.8) is 0 Å². The minimum absolute atomic E-state index is 0.0483. The van der Waals surface area contributed by atoms with Crippen LogP contribution in [0.5, 0.6) is 0 Å². The van der Waals surface area contributed by atoms with Gasteiger partial charge in [0.2, 0.25) is 0 Å². The average Bonchev–Trinajstić information content (AvgIpc) is 2.90. The van der Waals surface area contributed by atoms with E-state index < -0.39 is 76.4 Å². The predicted molar refractivity (Wildman–Crippen MR) is 149 cm³/mol. The predicted octanol–water partition coefficient (Wildman–Crippen LogP) is 2.72. The van der Waals surface area contributed by atoms with Crippen molar-refractivity contribution in [2.45, 2.75) is 103 Å². The van der Waals surface area contributed by atoms with Crippen LogP contribution in [0.15, 0.2) is 41.5 Å². The van der Waals surface area contributed by atoms with Gasteiger partial charge in [-0.1, -0.05) is 45.9 Å². The van der Waals surface area contributed by atoms with E-state index in [1.807, 2.05) is 13.8 Å². The fourth-order valence-corrected chi connectivity index (χ4v) is 8.54. The SMILES string of the molecule is CC(=O)O[C@@H]1[C@H](O)C2=C(C)[C@@H](O)C[C@@](O)(C(OC(=O)c3ccccc3)C3[C@@]1(C)[C@@H](C)C[C@H]1OC[C@@]31OC(C)=O)C2(C)C. The number of fused-ring (bicyclic) bond motifs is 5. The minimum Gasteiger partial charge on any atom is -0.459 e. The molecule has 2 unspecified atom stereocenters. The van der Waals surface area contributed by atoms with Crippen LogP contribution in [0.25, 0.3) is 0 Å². The third-order valence-corrected chi connectivity index (χ3v) is 10.9. The first-order valence-electron chi connectivity index (χ1n) is 14.6. The molecule has 1 aliphatic heterocycles. The summed E-state index contributed by atoms with van der Waals surface area (Å²) in [4.78, 5) is 39.1. The number of carbonyl (C=O) groups excluding carboxylic acids is 3. The van der Waals surface area contributed by atoms with E-state index in [1.54, 1.807) is 51.1 Å². The molecule has 10 heteroatoms. The van der Waals surface area contributed by atoms with E-state index in [2.05, 4.69) is 0 Å². The molecule has 5 rings (SSSR count). The average molecular weight is 587 g/mol. The van der Waals surface area contributed by atoms with Gasteiger partial charge in [0.15, 0.2) is 5.60 Å². The largest absolute Gasteiger partial charge is 0.459 e. The molecular weight excluding hydrogens is 544 g/mol. The smallest absolute Gasteiger partial charge is 0.338 e. The summed E-state index contributed by atoms with van der Waals surface area (Å²) in [5.41, 5.74) is -4.82. The van der Waals surface area contributed by atoms with Crippen LogP contribution >= 0.6 is 0 Å². The van der Waals surface area contributed by atoms with Crippen LogP contribution in [0, 0.1) is 22.7 Å². The Bertz CT molecular complexity index is 1310. The van der Waals surface area contributed by atoms with Crippen molar-refractivity contribution in [2.75, 3.05) is 6.61 Å². The van der Waals surface area contributed by atoms with Crippen LogP contribution in [-0.4, -0.2) is 81.6 Å². The van der Waals surface area contributed by atoms with Crippen molar-refractivity contribution in [3.8, 4) is 0 Å². The minimum atomic E-state index is -1.95. The number of rotatable bonds is 4. The molecule has 1 aromatic rings. The summed E-state index contributed by atoms with van der Waals surface area (Å²) in [5, 5.41) is 36.4. The standard InChI is InChI=1S/C32H42O10/c1-16-13-22-31(15-39-22,42-19(4)34)25-27(41-28(37)20-11-9-8-10-12-20)32(38)14-21(35)17(2)23(29(32,5)6)24(36)26(30(16,25)7)40-18(3)33/h8-12,16,21-22,24-27,35-36,38H,13-15H2,1-7H3/t16-,21-,22+,24+,25?,26+,27?,30+,31-,32+/m0/s1. The number of esters is 3. The summed E-state index contributed by atoms with van der Waals surface area (Å²) in [6.45, 7) is 11.4. The van der Waals surface area contributed by atoms with Crippen molar-refractivity contribution in [2.24, 2.45) is 22.7 Å². The number of aliphatic hydroxyl groups is 3. The molecule has 2 bridgehead atoms. The molecule has 3 N–H and O–H groups in total. The Balaban J connectivity index is 1.85. The fourth-order valence-electron chi connectivity index (χ4n) is 8.54. The first kappa shape index (κ1) is 30.7. The quantitative estimate of drug-likeness (QED) is 0.273. The molecular formula is C32H42O10. The number of hydrogen-bond donors (Lipinski definition) is 3. The molecule has 1 saturated heterocycles. The van der Waals surface area contributed by atoms with Gasteiger partial charge in [-0.15, -0.1) is 0 Å². The van der Waals surface area contributed by atoms with Gasteiger partial charge in [-0.3, -0.25) is 9.59 Å². The Morgan fingerprint density at radius 1 is 0.976 bits per heavy atom. The Hall–Kier alpha value is -2.79. The van der Waals surface area contributed by atoms with E-state index >= 15 is 0 Å². The van der Waals surface area contributed by atoms with Crippen LogP contribution in [0.3, 0.4) is 0 Å². The van der Waals surface area contributed by atoms with E-state index in [9.17, 15) is 29.7 Å². The van der Waals surface area contributed by atoms with Gasteiger partial charge < -0.3 is 34.3 Å². The second kappa shape index (κ2) is 10.1. The number of ether oxygens (including phenoxy) is 4. The summed E-state index contributed by atoms with van der Waals surface area (Å²) in [6, 6.07) is 8.33. The van der Waals surface area contributed by atoms with Gasteiger partial charge in [0.05, 0.1) is 24.2 Å². The van der Waals surface area contributed by atoms with Crippen molar-refractivity contribution < 1.29 is 48.7 Å². The molecule has 0 aromatic heterocycles. The van der Waals surface area contributed by atoms with Crippen LogP contribution < -0.4 is 0 Å². The fraction of sp³-hybridized carbons (Fsp3) is 0.656. The number of hydrogen-bond acceptors (Lipinski definition) is 10. The van der Waals surface area contributed by atoms with Crippen molar-refractivity contribution in [1.82, 2.24) is 0 Å². The molecule has 2 saturated carbocycles. The summed E-state index contributed by atoms with van der Waals surface area (Å²) in [7, 11) is 0. The van der Waals surface area contributed by atoms with Crippen molar-refractivity contribution in [3.05, 3.63) is 47.0 Å². The van der Waals surface area contributed by atoms with Crippen LogP contribution in [0.2, 0.25) is 0 Å². The lowest BCUT2D eigenvalue weighted by Crippen LogP contribution is -2.81. The molecule has 0 radical (unpaired) electrons. The van der Waals surface area contributed by atoms with E-state index in [4.69, 9.17) is 18.9 Å². The highest BCUT2D eigenvalue weighted by Crippen LogP contribution is 2.66. The summed E-state index contributed by atoms with van der Waals surface area (Å²) < 4.78 is 24.4. The monoisotopic (exact) mass is 586 g/mol. The number of aliphatic hydroxyl groups excluding tert-OH is 2. The van der Waals surface area contributed by atoms with Gasteiger partial charge in [-0.25, -0.2) is 4.79 Å². The van der Waals surface area contributed by atoms with Gasteiger partial charge in [-0.2, -0.15) is 0 Å². The normalized spacial score (nSPS) is 42.1. The maximum atomic E-state index is 13.8.